The average molecular weight is 251 g/mol. The van der Waals surface area contributed by atoms with Gasteiger partial charge in [0.15, 0.2) is 0 Å². The quantitative estimate of drug-likeness (QED) is 0.838. The van der Waals surface area contributed by atoms with E-state index in [1.165, 1.54) is 12.8 Å². The van der Waals surface area contributed by atoms with Gasteiger partial charge in [0.25, 0.3) is 0 Å². The Hall–Kier alpha value is -0.930. The molecule has 1 N–H and O–H groups in total. The Bertz CT molecular complexity index is 403. The van der Waals surface area contributed by atoms with Gasteiger partial charge in [-0.1, -0.05) is 19.1 Å². The smallest absolute Gasteiger partial charge is 0.126 e. The van der Waals surface area contributed by atoms with E-state index in [2.05, 4.69) is 12.2 Å². The summed E-state index contributed by atoms with van der Waals surface area (Å²) in [5.74, 6) is 0.476. The standard InChI is InChI=1S/C15H22FNO/c1-4-17-14(15(18-3)11-7-8-11)12-6-5-10(2)13(16)9-12/h5-6,9,11,14-15,17H,4,7-8H2,1-3H3. The van der Waals surface area contributed by atoms with E-state index in [0.29, 0.717) is 11.5 Å². The van der Waals surface area contributed by atoms with Crippen molar-refractivity contribution in [2.75, 3.05) is 13.7 Å². The van der Waals surface area contributed by atoms with Gasteiger partial charge in [0.2, 0.25) is 0 Å². The molecule has 1 aliphatic rings. The number of methoxy groups -OCH3 is 1. The highest BCUT2D eigenvalue weighted by molar-refractivity contribution is 5.27. The topological polar surface area (TPSA) is 21.3 Å². The first-order chi connectivity index (χ1) is 8.67. The van der Waals surface area contributed by atoms with Crippen LogP contribution in [0.4, 0.5) is 4.39 Å². The Morgan fingerprint density at radius 1 is 1.44 bits per heavy atom. The van der Waals surface area contributed by atoms with Gasteiger partial charge < -0.3 is 10.1 Å². The molecule has 0 spiro atoms. The fourth-order valence-corrected chi connectivity index (χ4v) is 2.47. The van der Waals surface area contributed by atoms with Crippen LogP contribution in [0.1, 0.15) is 36.9 Å². The number of hydrogen-bond donors (Lipinski definition) is 1. The van der Waals surface area contributed by atoms with E-state index >= 15 is 0 Å². The zero-order valence-corrected chi connectivity index (χ0v) is 11.4. The van der Waals surface area contributed by atoms with Crippen LogP contribution in [-0.2, 0) is 4.74 Å². The van der Waals surface area contributed by atoms with Crippen molar-refractivity contribution in [1.29, 1.82) is 0 Å². The molecule has 1 fully saturated rings. The predicted molar refractivity (Wildman–Crippen MR) is 71.1 cm³/mol. The molecular weight excluding hydrogens is 229 g/mol. The van der Waals surface area contributed by atoms with Gasteiger partial charge in [-0.2, -0.15) is 0 Å². The van der Waals surface area contributed by atoms with Crippen LogP contribution in [0, 0.1) is 18.7 Å². The third kappa shape index (κ3) is 2.90. The number of aryl methyl sites for hydroxylation is 1. The number of hydrogen-bond acceptors (Lipinski definition) is 2. The Morgan fingerprint density at radius 3 is 2.67 bits per heavy atom. The molecular formula is C15H22FNO. The Balaban J connectivity index is 2.24. The average Bonchev–Trinajstić information content (AvgIpc) is 3.17. The minimum atomic E-state index is -0.138. The van der Waals surface area contributed by atoms with Crippen molar-refractivity contribution in [3.8, 4) is 0 Å². The largest absolute Gasteiger partial charge is 0.379 e. The number of rotatable bonds is 6. The van der Waals surface area contributed by atoms with Crippen LogP contribution < -0.4 is 5.32 Å². The molecule has 0 saturated heterocycles. The van der Waals surface area contributed by atoms with Gasteiger partial charge in [-0.05, 0) is 49.4 Å². The molecule has 0 heterocycles. The summed E-state index contributed by atoms with van der Waals surface area (Å²) in [5, 5.41) is 3.43. The molecule has 2 rings (SSSR count). The van der Waals surface area contributed by atoms with E-state index in [-0.39, 0.29) is 18.0 Å². The number of likely N-dealkylation sites (N-methyl/N-ethyl adjacent to an activating group) is 1. The van der Waals surface area contributed by atoms with Gasteiger partial charge in [-0.25, -0.2) is 4.39 Å². The summed E-state index contributed by atoms with van der Waals surface area (Å²) < 4.78 is 19.3. The molecule has 0 aliphatic heterocycles. The van der Waals surface area contributed by atoms with Crippen molar-refractivity contribution in [2.24, 2.45) is 5.92 Å². The number of ether oxygens (including phenoxy) is 1. The molecule has 1 aromatic rings. The van der Waals surface area contributed by atoms with E-state index in [0.717, 1.165) is 12.1 Å². The molecule has 1 saturated carbocycles. The van der Waals surface area contributed by atoms with Crippen molar-refractivity contribution in [3.63, 3.8) is 0 Å². The summed E-state index contributed by atoms with van der Waals surface area (Å²) in [6, 6.07) is 5.56. The first-order valence-electron chi connectivity index (χ1n) is 6.69. The molecule has 2 unspecified atom stereocenters. The lowest BCUT2D eigenvalue weighted by Gasteiger charge is -2.27. The summed E-state index contributed by atoms with van der Waals surface area (Å²) >= 11 is 0. The summed E-state index contributed by atoms with van der Waals surface area (Å²) in [5.41, 5.74) is 1.67. The first kappa shape index (κ1) is 13.5. The summed E-state index contributed by atoms with van der Waals surface area (Å²) in [4.78, 5) is 0. The van der Waals surface area contributed by atoms with E-state index < -0.39 is 0 Å². The SMILES string of the molecule is CCNC(c1ccc(C)c(F)c1)C(OC)C1CC1. The molecule has 1 aromatic carbocycles. The zero-order valence-electron chi connectivity index (χ0n) is 11.4. The normalized spacial score (nSPS) is 18.7. The molecule has 100 valence electrons. The highest BCUT2D eigenvalue weighted by Gasteiger charge is 2.37. The van der Waals surface area contributed by atoms with Crippen molar-refractivity contribution < 1.29 is 9.13 Å². The lowest BCUT2D eigenvalue weighted by molar-refractivity contribution is 0.0511. The number of halogens is 1. The van der Waals surface area contributed by atoms with Crippen LogP contribution >= 0.6 is 0 Å². The van der Waals surface area contributed by atoms with Crippen LogP contribution in [-0.4, -0.2) is 19.8 Å². The van der Waals surface area contributed by atoms with Crippen LogP contribution in [0.5, 0.6) is 0 Å². The Morgan fingerprint density at radius 2 is 2.17 bits per heavy atom. The zero-order chi connectivity index (χ0) is 13.1. The van der Waals surface area contributed by atoms with Crippen LogP contribution in [0.15, 0.2) is 18.2 Å². The van der Waals surface area contributed by atoms with Gasteiger partial charge in [0.05, 0.1) is 12.1 Å². The van der Waals surface area contributed by atoms with Gasteiger partial charge in [0, 0.05) is 7.11 Å². The maximum absolute atomic E-state index is 13.7. The second-order valence-corrected chi connectivity index (χ2v) is 5.08. The van der Waals surface area contributed by atoms with Crippen LogP contribution in [0.25, 0.3) is 0 Å². The summed E-state index contributed by atoms with van der Waals surface area (Å²) in [7, 11) is 1.75. The predicted octanol–water partition coefficient (Wildman–Crippen LogP) is 3.21. The third-order valence-corrected chi connectivity index (χ3v) is 3.67. The monoisotopic (exact) mass is 251 g/mol. The highest BCUT2D eigenvalue weighted by Crippen LogP contribution is 2.39. The molecule has 3 heteroatoms. The summed E-state index contributed by atoms with van der Waals surface area (Å²) in [6.07, 6.45) is 2.58. The molecule has 0 amide bonds. The molecule has 2 atom stereocenters. The van der Waals surface area contributed by atoms with E-state index in [1.807, 2.05) is 12.1 Å². The van der Waals surface area contributed by atoms with Crippen LogP contribution in [0.2, 0.25) is 0 Å². The second-order valence-electron chi connectivity index (χ2n) is 5.08. The van der Waals surface area contributed by atoms with Gasteiger partial charge in [-0.3, -0.25) is 0 Å². The van der Waals surface area contributed by atoms with E-state index in [4.69, 9.17) is 4.74 Å². The maximum Gasteiger partial charge on any atom is 0.126 e. The number of nitrogens with one attached hydrogen (secondary N) is 1. The van der Waals surface area contributed by atoms with Crippen molar-refractivity contribution in [3.05, 3.63) is 35.1 Å². The maximum atomic E-state index is 13.7. The van der Waals surface area contributed by atoms with Crippen LogP contribution in [0.3, 0.4) is 0 Å². The lowest BCUT2D eigenvalue weighted by atomic mass is 9.97. The highest BCUT2D eigenvalue weighted by atomic mass is 19.1. The number of benzene rings is 1. The summed E-state index contributed by atoms with van der Waals surface area (Å²) in [6.45, 7) is 4.71. The van der Waals surface area contributed by atoms with Crippen molar-refractivity contribution in [1.82, 2.24) is 5.32 Å². The Labute approximate surface area is 109 Å². The van der Waals surface area contributed by atoms with Gasteiger partial charge >= 0.3 is 0 Å². The van der Waals surface area contributed by atoms with Crippen molar-refractivity contribution in [2.45, 2.75) is 38.8 Å². The van der Waals surface area contributed by atoms with Crippen molar-refractivity contribution >= 4 is 0 Å². The lowest BCUT2D eigenvalue weighted by Crippen LogP contribution is -2.34. The molecule has 1 aliphatic carbocycles. The fraction of sp³-hybridized carbons (Fsp3) is 0.600. The second kappa shape index (κ2) is 5.81. The molecule has 2 nitrogen and oxygen atoms in total. The minimum Gasteiger partial charge on any atom is -0.379 e. The fourth-order valence-electron chi connectivity index (χ4n) is 2.47. The van der Waals surface area contributed by atoms with Gasteiger partial charge in [-0.15, -0.1) is 0 Å². The third-order valence-electron chi connectivity index (χ3n) is 3.67. The van der Waals surface area contributed by atoms with E-state index in [1.54, 1.807) is 20.1 Å². The molecule has 0 aromatic heterocycles. The van der Waals surface area contributed by atoms with E-state index in [9.17, 15) is 4.39 Å². The Kier molecular flexibility index (Phi) is 4.36. The molecule has 18 heavy (non-hydrogen) atoms. The minimum absolute atomic E-state index is 0.0857. The van der Waals surface area contributed by atoms with Gasteiger partial charge in [0.1, 0.15) is 5.82 Å². The molecule has 0 bridgehead atoms. The first-order valence-corrected chi connectivity index (χ1v) is 6.69. The molecule has 0 radical (unpaired) electrons.